The van der Waals surface area contributed by atoms with Crippen molar-refractivity contribution in [2.45, 2.75) is 6.54 Å². The molecular weight excluding hydrogens is 374 g/mol. The summed E-state index contributed by atoms with van der Waals surface area (Å²) >= 11 is 6.12. The predicted molar refractivity (Wildman–Crippen MR) is 100 cm³/mol. The van der Waals surface area contributed by atoms with Gasteiger partial charge in [0.2, 0.25) is 0 Å². The molecule has 0 atom stereocenters. The van der Waals surface area contributed by atoms with Gasteiger partial charge in [0, 0.05) is 32.2 Å². The zero-order valence-corrected chi connectivity index (χ0v) is 15.1. The third kappa shape index (κ3) is 3.45. The monoisotopic (exact) mass is 390 g/mol. The Morgan fingerprint density at radius 2 is 1.89 bits per heavy atom. The van der Waals surface area contributed by atoms with Crippen molar-refractivity contribution < 1.29 is 8.78 Å². The molecule has 2 heterocycles. The van der Waals surface area contributed by atoms with Crippen molar-refractivity contribution in [2.75, 3.05) is 26.2 Å². The van der Waals surface area contributed by atoms with Gasteiger partial charge >= 0.3 is 0 Å². The van der Waals surface area contributed by atoms with E-state index in [1.807, 2.05) is 0 Å². The van der Waals surface area contributed by atoms with Gasteiger partial charge in [-0.25, -0.2) is 13.8 Å². The second-order valence-electron chi connectivity index (χ2n) is 6.43. The third-order valence-corrected chi connectivity index (χ3v) is 4.91. The molecule has 1 aliphatic rings. The van der Waals surface area contributed by atoms with Crippen molar-refractivity contribution in [3.8, 4) is 5.69 Å². The summed E-state index contributed by atoms with van der Waals surface area (Å²) in [5, 5.41) is 3.43. The Balaban J connectivity index is 1.95. The van der Waals surface area contributed by atoms with E-state index in [0.29, 0.717) is 23.3 Å². The number of hydrogen-bond donors (Lipinski definition) is 1. The molecule has 1 fully saturated rings. The largest absolute Gasteiger partial charge is 0.314 e. The molecule has 0 bridgehead atoms. The van der Waals surface area contributed by atoms with E-state index in [2.05, 4.69) is 15.2 Å². The van der Waals surface area contributed by atoms with E-state index in [4.69, 9.17) is 11.6 Å². The van der Waals surface area contributed by atoms with Gasteiger partial charge in [0.25, 0.3) is 5.56 Å². The van der Waals surface area contributed by atoms with Crippen LogP contribution >= 0.6 is 11.6 Å². The number of nitrogens with zero attached hydrogens (tertiary/aromatic N) is 3. The number of rotatable bonds is 3. The summed E-state index contributed by atoms with van der Waals surface area (Å²) in [7, 11) is 0. The van der Waals surface area contributed by atoms with Gasteiger partial charge < -0.3 is 5.32 Å². The summed E-state index contributed by atoms with van der Waals surface area (Å²) < 4.78 is 29.3. The Hall–Kier alpha value is -2.35. The molecule has 1 saturated heterocycles. The predicted octanol–water partition coefficient (Wildman–Crippen LogP) is 2.72. The fourth-order valence-corrected chi connectivity index (χ4v) is 3.61. The van der Waals surface area contributed by atoms with Crippen molar-refractivity contribution in [1.82, 2.24) is 19.8 Å². The van der Waals surface area contributed by atoms with E-state index in [-0.39, 0.29) is 10.7 Å². The Labute approximate surface area is 159 Å². The molecule has 0 radical (unpaired) electrons. The number of fused-ring (bicyclic) bond motifs is 1. The van der Waals surface area contributed by atoms with Crippen LogP contribution in [0.15, 0.2) is 41.2 Å². The van der Waals surface area contributed by atoms with Crippen molar-refractivity contribution in [3.63, 3.8) is 0 Å². The minimum Gasteiger partial charge on any atom is -0.314 e. The summed E-state index contributed by atoms with van der Waals surface area (Å²) in [5.74, 6) is -1.33. The normalized spacial score (nSPS) is 15.4. The van der Waals surface area contributed by atoms with Gasteiger partial charge in [0.1, 0.15) is 17.3 Å². The van der Waals surface area contributed by atoms with Gasteiger partial charge in [-0.1, -0.05) is 23.7 Å². The molecule has 27 heavy (non-hydrogen) atoms. The van der Waals surface area contributed by atoms with Crippen molar-refractivity contribution >= 4 is 22.5 Å². The summed E-state index contributed by atoms with van der Waals surface area (Å²) in [5.41, 5.74) is -0.0767. The van der Waals surface area contributed by atoms with Crippen molar-refractivity contribution in [3.05, 3.63) is 69.2 Å². The van der Waals surface area contributed by atoms with Crippen LogP contribution in [0, 0.1) is 11.6 Å². The SMILES string of the molecule is O=c1c2ccccc2nc(CN2CCNCC2)n1-c1c(F)cc(F)cc1Cl. The molecule has 0 spiro atoms. The third-order valence-electron chi connectivity index (χ3n) is 4.63. The summed E-state index contributed by atoms with van der Waals surface area (Å²) in [6.07, 6.45) is 0. The maximum absolute atomic E-state index is 14.6. The molecule has 4 rings (SSSR count). The molecule has 3 aromatic rings. The summed E-state index contributed by atoms with van der Waals surface area (Å²) in [6, 6.07) is 8.59. The molecule has 1 aromatic heterocycles. The molecule has 0 unspecified atom stereocenters. The molecule has 140 valence electrons. The van der Waals surface area contributed by atoms with E-state index in [1.54, 1.807) is 24.3 Å². The number of hydrogen-bond acceptors (Lipinski definition) is 4. The van der Waals surface area contributed by atoms with E-state index in [9.17, 15) is 13.6 Å². The maximum Gasteiger partial charge on any atom is 0.266 e. The molecule has 2 aromatic carbocycles. The van der Waals surface area contributed by atoms with Crippen LogP contribution < -0.4 is 10.9 Å². The minimum absolute atomic E-state index is 0.173. The van der Waals surface area contributed by atoms with Gasteiger partial charge in [-0.15, -0.1) is 0 Å². The number of piperazine rings is 1. The maximum atomic E-state index is 14.6. The fraction of sp³-hybridized carbons (Fsp3) is 0.263. The average Bonchev–Trinajstić information content (AvgIpc) is 2.64. The molecule has 0 saturated carbocycles. The van der Waals surface area contributed by atoms with E-state index in [0.717, 1.165) is 38.3 Å². The number of para-hydroxylation sites is 1. The van der Waals surface area contributed by atoms with Gasteiger partial charge in [-0.3, -0.25) is 14.3 Å². The lowest BCUT2D eigenvalue weighted by atomic mass is 10.2. The smallest absolute Gasteiger partial charge is 0.266 e. The number of aromatic nitrogens is 2. The second kappa shape index (κ2) is 7.34. The first-order valence-corrected chi connectivity index (χ1v) is 9.01. The van der Waals surface area contributed by atoms with E-state index >= 15 is 0 Å². The molecule has 8 heteroatoms. The zero-order chi connectivity index (χ0) is 19.0. The molecule has 1 aliphatic heterocycles. The van der Waals surface area contributed by atoms with E-state index < -0.39 is 17.2 Å². The summed E-state index contributed by atoms with van der Waals surface area (Å²) in [6.45, 7) is 3.56. The second-order valence-corrected chi connectivity index (χ2v) is 6.84. The van der Waals surface area contributed by atoms with Crippen LogP contribution in [0.2, 0.25) is 5.02 Å². The highest BCUT2D eigenvalue weighted by Gasteiger charge is 2.21. The van der Waals surface area contributed by atoms with Crippen LogP contribution in [0.1, 0.15) is 5.82 Å². The van der Waals surface area contributed by atoms with Crippen LogP contribution in [-0.4, -0.2) is 40.6 Å². The molecule has 0 amide bonds. The van der Waals surface area contributed by atoms with Gasteiger partial charge in [0.15, 0.2) is 5.82 Å². The lowest BCUT2D eigenvalue weighted by Crippen LogP contribution is -2.44. The van der Waals surface area contributed by atoms with Crippen LogP contribution in [0.4, 0.5) is 8.78 Å². The number of benzene rings is 2. The Bertz CT molecular complexity index is 1040. The van der Waals surface area contributed by atoms with Gasteiger partial charge in [-0.2, -0.15) is 0 Å². The first kappa shape index (κ1) is 18.0. The zero-order valence-electron chi connectivity index (χ0n) is 14.4. The first-order chi connectivity index (χ1) is 13.0. The van der Waals surface area contributed by atoms with Gasteiger partial charge in [-0.05, 0) is 18.2 Å². The highest BCUT2D eigenvalue weighted by Crippen LogP contribution is 2.26. The molecular formula is C19H17ClF2N4O. The highest BCUT2D eigenvalue weighted by atomic mass is 35.5. The quantitative estimate of drug-likeness (QED) is 0.747. The molecule has 1 N–H and O–H groups in total. The van der Waals surface area contributed by atoms with Crippen LogP contribution in [0.5, 0.6) is 0 Å². The standard InChI is InChI=1S/C19H17ClF2N4O/c20-14-9-12(21)10-15(22)18(14)26-17(11-25-7-5-23-6-8-25)24-16-4-2-1-3-13(16)19(26)27/h1-4,9-10,23H,5-8,11H2. The van der Waals surface area contributed by atoms with Crippen LogP contribution in [0.25, 0.3) is 16.6 Å². The van der Waals surface area contributed by atoms with Crippen LogP contribution in [0.3, 0.4) is 0 Å². The fourth-order valence-electron chi connectivity index (χ4n) is 3.33. The molecule has 0 aliphatic carbocycles. The van der Waals surface area contributed by atoms with Crippen molar-refractivity contribution in [2.24, 2.45) is 0 Å². The van der Waals surface area contributed by atoms with E-state index in [1.165, 1.54) is 4.57 Å². The first-order valence-electron chi connectivity index (χ1n) is 8.63. The number of nitrogens with one attached hydrogen (secondary N) is 1. The molecule has 5 nitrogen and oxygen atoms in total. The van der Waals surface area contributed by atoms with Crippen LogP contribution in [-0.2, 0) is 6.54 Å². The highest BCUT2D eigenvalue weighted by molar-refractivity contribution is 6.32. The average molecular weight is 391 g/mol. The summed E-state index contributed by atoms with van der Waals surface area (Å²) in [4.78, 5) is 19.9. The Kier molecular flexibility index (Phi) is 4.90. The Morgan fingerprint density at radius 1 is 1.15 bits per heavy atom. The topological polar surface area (TPSA) is 50.2 Å². The minimum atomic E-state index is -0.902. The number of halogens is 3. The lowest BCUT2D eigenvalue weighted by molar-refractivity contribution is 0.226. The lowest BCUT2D eigenvalue weighted by Gasteiger charge is -2.28. The van der Waals surface area contributed by atoms with Gasteiger partial charge in [0.05, 0.1) is 22.5 Å². The Morgan fingerprint density at radius 3 is 2.63 bits per heavy atom. The van der Waals surface area contributed by atoms with Crippen molar-refractivity contribution in [1.29, 1.82) is 0 Å².